The van der Waals surface area contributed by atoms with Crippen LogP contribution >= 0.6 is 11.8 Å². The molecule has 0 spiro atoms. The molecule has 0 atom stereocenters. The number of thioether (sulfide) groups is 1. The minimum Gasteiger partial charge on any atom is -0.365 e. The third-order valence-electron chi connectivity index (χ3n) is 2.13. The van der Waals surface area contributed by atoms with Crippen LogP contribution in [-0.2, 0) is 0 Å². The summed E-state index contributed by atoms with van der Waals surface area (Å²) in [6.07, 6.45) is -0.594. The van der Waals surface area contributed by atoms with Crippen LogP contribution in [0.5, 0.6) is 0 Å². The van der Waals surface area contributed by atoms with Crippen LogP contribution in [-0.4, -0.2) is 16.5 Å². The molecule has 0 radical (unpaired) electrons. The molecular weight excluding hydrogens is 172 g/mol. The van der Waals surface area contributed by atoms with E-state index in [-0.39, 0.29) is 0 Å². The van der Waals surface area contributed by atoms with E-state index in [9.17, 15) is 0 Å². The van der Waals surface area contributed by atoms with Gasteiger partial charge in [-0.05, 0) is 42.6 Å². The molecule has 1 rings (SSSR count). The van der Waals surface area contributed by atoms with Crippen molar-refractivity contribution >= 4 is 11.8 Å². The highest BCUT2D eigenvalue weighted by Gasteiger charge is 2.17. The first-order valence-corrected chi connectivity index (χ1v) is 4.74. The van der Waals surface area contributed by atoms with Gasteiger partial charge in [-0.2, -0.15) is 0 Å². The normalized spacial score (nSPS) is 19.5. The molecule has 1 heterocycles. The van der Waals surface area contributed by atoms with Crippen LogP contribution < -0.4 is 0 Å². The van der Waals surface area contributed by atoms with Gasteiger partial charge in [-0.15, -0.1) is 0 Å². The molecule has 0 aliphatic carbocycles. The Labute approximate surface area is 77.0 Å². The van der Waals surface area contributed by atoms with Crippen LogP contribution in [0.2, 0.25) is 0 Å². The SMILES string of the molecule is CC1=C(C)SC(C)=C(C(O)O)C1. The van der Waals surface area contributed by atoms with Crippen molar-refractivity contribution in [1.29, 1.82) is 0 Å². The number of allylic oxidation sites excluding steroid dienone is 3. The second-order valence-corrected chi connectivity index (χ2v) is 4.50. The van der Waals surface area contributed by atoms with E-state index in [0.717, 1.165) is 10.5 Å². The molecule has 0 fully saturated rings. The van der Waals surface area contributed by atoms with Crippen molar-refractivity contribution in [2.45, 2.75) is 33.5 Å². The summed E-state index contributed by atoms with van der Waals surface area (Å²) >= 11 is 1.62. The summed E-state index contributed by atoms with van der Waals surface area (Å²) < 4.78 is 0. The van der Waals surface area contributed by atoms with Crippen LogP contribution in [0.3, 0.4) is 0 Å². The zero-order chi connectivity index (χ0) is 9.30. The summed E-state index contributed by atoms with van der Waals surface area (Å²) in [5.74, 6) is 0. The Balaban J connectivity index is 2.85. The molecular formula is C9H14O2S. The summed E-state index contributed by atoms with van der Waals surface area (Å²) in [5.41, 5.74) is 1.97. The lowest BCUT2D eigenvalue weighted by Crippen LogP contribution is -2.12. The maximum atomic E-state index is 9.01. The van der Waals surface area contributed by atoms with E-state index in [0.29, 0.717) is 6.42 Å². The lowest BCUT2D eigenvalue weighted by atomic mass is 10.1. The molecule has 12 heavy (non-hydrogen) atoms. The molecule has 68 valence electrons. The third-order valence-corrected chi connectivity index (χ3v) is 3.35. The molecule has 3 heteroatoms. The average molecular weight is 186 g/mol. The van der Waals surface area contributed by atoms with Gasteiger partial charge in [-0.1, -0.05) is 17.3 Å². The standard InChI is InChI=1S/C9H14O2S/c1-5-4-8(9(10)11)7(3)12-6(5)2/h9-11H,4H2,1-3H3. The van der Waals surface area contributed by atoms with Gasteiger partial charge in [-0.3, -0.25) is 0 Å². The van der Waals surface area contributed by atoms with Gasteiger partial charge in [0.25, 0.3) is 0 Å². The number of hydrogen-bond acceptors (Lipinski definition) is 3. The molecule has 0 aromatic rings. The van der Waals surface area contributed by atoms with Crippen LogP contribution in [0.15, 0.2) is 21.0 Å². The zero-order valence-electron chi connectivity index (χ0n) is 7.59. The van der Waals surface area contributed by atoms with Crippen molar-refractivity contribution in [2.75, 3.05) is 0 Å². The fourth-order valence-corrected chi connectivity index (χ4v) is 2.20. The van der Waals surface area contributed by atoms with Crippen molar-refractivity contribution in [2.24, 2.45) is 0 Å². The minimum atomic E-state index is -1.29. The van der Waals surface area contributed by atoms with Gasteiger partial charge in [0, 0.05) is 0 Å². The quantitative estimate of drug-likeness (QED) is 0.615. The van der Waals surface area contributed by atoms with Gasteiger partial charge in [0.1, 0.15) is 0 Å². The lowest BCUT2D eigenvalue weighted by molar-refractivity contribution is -0.00979. The highest BCUT2D eigenvalue weighted by molar-refractivity contribution is 8.06. The summed E-state index contributed by atoms with van der Waals surface area (Å²) in [4.78, 5) is 2.30. The minimum absolute atomic E-state index is 0.697. The largest absolute Gasteiger partial charge is 0.365 e. The van der Waals surface area contributed by atoms with Gasteiger partial charge in [0.05, 0.1) is 0 Å². The molecule has 0 unspecified atom stereocenters. The topological polar surface area (TPSA) is 40.5 Å². The molecule has 1 aliphatic heterocycles. The Kier molecular flexibility index (Phi) is 2.99. The van der Waals surface area contributed by atoms with E-state index in [4.69, 9.17) is 10.2 Å². The summed E-state index contributed by atoms with van der Waals surface area (Å²) in [7, 11) is 0. The van der Waals surface area contributed by atoms with E-state index in [2.05, 4.69) is 6.92 Å². The maximum absolute atomic E-state index is 9.01. The summed E-state index contributed by atoms with van der Waals surface area (Å²) in [6.45, 7) is 6.01. The number of rotatable bonds is 1. The van der Waals surface area contributed by atoms with Gasteiger partial charge in [0.2, 0.25) is 0 Å². The highest BCUT2D eigenvalue weighted by Crippen LogP contribution is 2.38. The first-order chi connectivity index (χ1) is 5.52. The molecule has 0 amide bonds. The van der Waals surface area contributed by atoms with Crippen LogP contribution in [0.25, 0.3) is 0 Å². The monoisotopic (exact) mass is 186 g/mol. The van der Waals surface area contributed by atoms with Gasteiger partial charge < -0.3 is 10.2 Å². The summed E-state index contributed by atoms with van der Waals surface area (Å²) in [6, 6.07) is 0. The first kappa shape index (κ1) is 9.84. The van der Waals surface area contributed by atoms with Crippen molar-refractivity contribution in [3.05, 3.63) is 21.0 Å². The molecule has 1 aliphatic rings. The van der Waals surface area contributed by atoms with E-state index in [1.54, 1.807) is 11.8 Å². The lowest BCUT2D eigenvalue weighted by Gasteiger charge is -2.20. The summed E-state index contributed by atoms with van der Waals surface area (Å²) in [5, 5.41) is 18.0. The molecule has 2 nitrogen and oxygen atoms in total. The second kappa shape index (κ2) is 3.64. The van der Waals surface area contributed by atoms with Crippen molar-refractivity contribution in [3.8, 4) is 0 Å². The first-order valence-electron chi connectivity index (χ1n) is 3.92. The Morgan fingerprint density at radius 2 is 1.75 bits per heavy atom. The fourth-order valence-electron chi connectivity index (χ4n) is 1.19. The predicted molar refractivity (Wildman–Crippen MR) is 51.5 cm³/mol. The molecule has 0 saturated heterocycles. The van der Waals surface area contributed by atoms with Gasteiger partial charge in [-0.25, -0.2) is 0 Å². The maximum Gasteiger partial charge on any atom is 0.175 e. The Bertz CT molecular complexity index is 251. The predicted octanol–water partition coefficient (Wildman–Crippen LogP) is 2.00. The van der Waals surface area contributed by atoms with Crippen LogP contribution in [0.1, 0.15) is 27.2 Å². The van der Waals surface area contributed by atoms with E-state index in [1.165, 1.54) is 10.5 Å². The van der Waals surface area contributed by atoms with Crippen LogP contribution in [0, 0.1) is 0 Å². The van der Waals surface area contributed by atoms with Gasteiger partial charge in [0.15, 0.2) is 6.29 Å². The second-order valence-electron chi connectivity index (χ2n) is 3.07. The molecule has 2 N–H and O–H groups in total. The fraction of sp³-hybridized carbons (Fsp3) is 0.556. The number of hydrogen-bond donors (Lipinski definition) is 2. The molecule has 0 aromatic heterocycles. The smallest absolute Gasteiger partial charge is 0.175 e. The van der Waals surface area contributed by atoms with Gasteiger partial charge >= 0.3 is 0 Å². The van der Waals surface area contributed by atoms with E-state index >= 15 is 0 Å². The third kappa shape index (κ3) is 1.91. The van der Waals surface area contributed by atoms with Crippen molar-refractivity contribution in [1.82, 2.24) is 0 Å². The average Bonchev–Trinajstić information content (AvgIpc) is 1.96. The Morgan fingerprint density at radius 3 is 2.25 bits per heavy atom. The van der Waals surface area contributed by atoms with Crippen LogP contribution in [0.4, 0.5) is 0 Å². The molecule has 0 saturated carbocycles. The molecule has 0 aromatic carbocycles. The van der Waals surface area contributed by atoms with Crippen molar-refractivity contribution < 1.29 is 10.2 Å². The number of aliphatic hydroxyl groups excluding tert-OH is 1. The van der Waals surface area contributed by atoms with E-state index in [1.807, 2.05) is 13.8 Å². The Hall–Kier alpha value is -0.250. The van der Waals surface area contributed by atoms with Crippen molar-refractivity contribution in [3.63, 3.8) is 0 Å². The molecule has 0 bridgehead atoms. The highest BCUT2D eigenvalue weighted by atomic mass is 32.2. The zero-order valence-corrected chi connectivity index (χ0v) is 8.40. The number of aliphatic hydroxyl groups is 2. The Morgan fingerprint density at radius 1 is 1.17 bits per heavy atom. The van der Waals surface area contributed by atoms with E-state index < -0.39 is 6.29 Å².